The first kappa shape index (κ1) is 14.0. The molecule has 3 heteroatoms. The zero-order valence-electron chi connectivity index (χ0n) is 11.2. The zero-order chi connectivity index (χ0) is 13.0. The highest BCUT2D eigenvalue weighted by molar-refractivity contribution is 9.10. The van der Waals surface area contributed by atoms with Crippen LogP contribution in [0.4, 0.5) is 0 Å². The molecule has 1 aromatic rings. The van der Waals surface area contributed by atoms with E-state index in [-0.39, 0.29) is 0 Å². The van der Waals surface area contributed by atoms with Crippen LogP contribution in [0.15, 0.2) is 28.7 Å². The van der Waals surface area contributed by atoms with Crippen LogP contribution in [0.2, 0.25) is 0 Å². The fourth-order valence-electron chi connectivity index (χ4n) is 2.37. The van der Waals surface area contributed by atoms with E-state index in [0.717, 1.165) is 19.1 Å². The van der Waals surface area contributed by atoms with Gasteiger partial charge in [-0.1, -0.05) is 28.1 Å². The normalized spacial score (nSPS) is 23.1. The van der Waals surface area contributed by atoms with Gasteiger partial charge in [0.05, 0.1) is 12.7 Å². The molecule has 1 saturated carbocycles. The molecule has 1 aliphatic carbocycles. The van der Waals surface area contributed by atoms with Gasteiger partial charge in [0, 0.05) is 17.1 Å². The Labute approximate surface area is 118 Å². The fourth-order valence-corrected chi connectivity index (χ4v) is 2.79. The van der Waals surface area contributed by atoms with Gasteiger partial charge in [-0.2, -0.15) is 0 Å². The average Bonchev–Trinajstić information content (AvgIpc) is 2.25. The zero-order valence-corrected chi connectivity index (χ0v) is 12.7. The van der Waals surface area contributed by atoms with Crippen LogP contribution >= 0.6 is 15.9 Å². The number of hydrogen-bond donors (Lipinski definition) is 1. The Morgan fingerprint density at radius 1 is 1.39 bits per heavy atom. The summed E-state index contributed by atoms with van der Waals surface area (Å²) < 4.78 is 6.70. The predicted molar refractivity (Wildman–Crippen MR) is 79.0 cm³/mol. The first-order chi connectivity index (χ1) is 8.65. The lowest BCUT2D eigenvalue weighted by Crippen LogP contribution is -2.41. The van der Waals surface area contributed by atoms with Gasteiger partial charge in [-0.3, -0.25) is 0 Å². The summed E-state index contributed by atoms with van der Waals surface area (Å²) in [5, 5.41) is 3.55. The highest BCUT2D eigenvalue weighted by Crippen LogP contribution is 2.37. The molecule has 0 saturated heterocycles. The van der Waals surface area contributed by atoms with Crippen LogP contribution < -0.4 is 5.32 Å². The van der Waals surface area contributed by atoms with Gasteiger partial charge >= 0.3 is 0 Å². The third kappa shape index (κ3) is 4.08. The average molecular weight is 312 g/mol. The smallest absolute Gasteiger partial charge is 0.0594 e. The van der Waals surface area contributed by atoms with Gasteiger partial charge in [0.2, 0.25) is 0 Å². The standard InChI is InChI=1S/C15H22BrNO/c1-11(2)18-7-6-17-15-9-13(10-15)12-4-3-5-14(16)8-12/h3-5,8,11,13,15,17H,6-7,9-10H2,1-2H3. The van der Waals surface area contributed by atoms with E-state index in [9.17, 15) is 0 Å². The number of rotatable bonds is 6. The van der Waals surface area contributed by atoms with E-state index < -0.39 is 0 Å². The molecule has 1 aromatic carbocycles. The predicted octanol–water partition coefficient (Wildman–Crippen LogP) is 3.71. The second-order valence-electron chi connectivity index (χ2n) is 5.29. The number of nitrogens with one attached hydrogen (secondary N) is 1. The lowest BCUT2D eigenvalue weighted by atomic mass is 9.76. The highest BCUT2D eigenvalue weighted by atomic mass is 79.9. The Morgan fingerprint density at radius 3 is 2.83 bits per heavy atom. The van der Waals surface area contributed by atoms with Gasteiger partial charge in [0.15, 0.2) is 0 Å². The molecule has 1 aliphatic rings. The van der Waals surface area contributed by atoms with Gasteiger partial charge in [0.25, 0.3) is 0 Å². The Balaban J connectivity index is 1.65. The lowest BCUT2D eigenvalue weighted by molar-refractivity contribution is 0.0767. The monoisotopic (exact) mass is 311 g/mol. The quantitative estimate of drug-likeness (QED) is 0.809. The van der Waals surface area contributed by atoms with Gasteiger partial charge in [-0.15, -0.1) is 0 Å². The number of hydrogen-bond acceptors (Lipinski definition) is 2. The molecule has 0 spiro atoms. The molecule has 0 heterocycles. The summed E-state index contributed by atoms with van der Waals surface area (Å²) in [7, 11) is 0. The minimum absolute atomic E-state index is 0.336. The Hall–Kier alpha value is -0.380. The van der Waals surface area contributed by atoms with Crippen LogP contribution in [-0.2, 0) is 4.74 Å². The van der Waals surface area contributed by atoms with Crippen molar-refractivity contribution in [3.05, 3.63) is 34.3 Å². The minimum atomic E-state index is 0.336. The lowest BCUT2D eigenvalue weighted by Gasteiger charge is -2.36. The van der Waals surface area contributed by atoms with Crippen LogP contribution in [0.3, 0.4) is 0 Å². The first-order valence-electron chi connectivity index (χ1n) is 6.75. The number of ether oxygens (including phenoxy) is 1. The van der Waals surface area contributed by atoms with Gasteiger partial charge < -0.3 is 10.1 Å². The molecular formula is C15H22BrNO. The van der Waals surface area contributed by atoms with Crippen LogP contribution in [0, 0.1) is 0 Å². The molecule has 0 aliphatic heterocycles. The van der Waals surface area contributed by atoms with E-state index in [1.165, 1.54) is 22.9 Å². The molecule has 0 aromatic heterocycles. The molecule has 0 radical (unpaired) electrons. The maximum Gasteiger partial charge on any atom is 0.0594 e. The van der Waals surface area contributed by atoms with Crippen molar-refractivity contribution >= 4 is 15.9 Å². The summed E-state index contributed by atoms with van der Waals surface area (Å²) in [4.78, 5) is 0. The van der Waals surface area contributed by atoms with Crippen molar-refractivity contribution in [1.82, 2.24) is 5.32 Å². The van der Waals surface area contributed by atoms with Crippen molar-refractivity contribution in [2.24, 2.45) is 0 Å². The molecule has 0 unspecified atom stereocenters. The molecule has 2 rings (SSSR count). The van der Waals surface area contributed by atoms with Crippen molar-refractivity contribution in [1.29, 1.82) is 0 Å². The SMILES string of the molecule is CC(C)OCCNC1CC(c2cccc(Br)c2)C1. The summed E-state index contributed by atoms with van der Waals surface area (Å²) in [6.45, 7) is 5.93. The summed E-state index contributed by atoms with van der Waals surface area (Å²) in [5.74, 6) is 0.728. The highest BCUT2D eigenvalue weighted by Gasteiger charge is 2.29. The molecule has 1 fully saturated rings. The second-order valence-corrected chi connectivity index (χ2v) is 6.21. The largest absolute Gasteiger partial charge is 0.377 e. The number of halogens is 1. The minimum Gasteiger partial charge on any atom is -0.377 e. The van der Waals surface area contributed by atoms with Crippen molar-refractivity contribution < 1.29 is 4.74 Å². The van der Waals surface area contributed by atoms with Crippen molar-refractivity contribution in [2.75, 3.05) is 13.2 Å². The maximum absolute atomic E-state index is 5.52. The van der Waals surface area contributed by atoms with E-state index in [1.54, 1.807) is 0 Å². The summed E-state index contributed by atoms with van der Waals surface area (Å²) >= 11 is 3.53. The van der Waals surface area contributed by atoms with Crippen LogP contribution in [0.1, 0.15) is 38.2 Å². The van der Waals surface area contributed by atoms with Gasteiger partial charge in [-0.25, -0.2) is 0 Å². The van der Waals surface area contributed by atoms with Crippen molar-refractivity contribution in [2.45, 2.75) is 44.8 Å². The van der Waals surface area contributed by atoms with E-state index in [4.69, 9.17) is 4.74 Å². The molecule has 0 atom stereocenters. The summed E-state index contributed by atoms with van der Waals surface area (Å²) in [6.07, 6.45) is 2.83. The van der Waals surface area contributed by atoms with Crippen LogP contribution in [-0.4, -0.2) is 25.3 Å². The van der Waals surface area contributed by atoms with Crippen molar-refractivity contribution in [3.63, 3.8) is 0 Å². The molecule has 0 bridgehead atoms. The Kier molecular flexibility index (Phi) is 5.22. The maximum atomic E-state index is 5.52. The first-order valence-corrected chi connectivity index (χ1v) is 7.55. The second kappa shape index (κ2) is 6.69. The van der Waals surface area contributed by atoms with E-state index in [2.05, 4.69) is 59.4 Å². The van der Waals surface area contributed by atoms with Crippen LogP contribution in [0.5, 0.6) is 0 Å². The van der Waals surface area contributed by atoms with Gasteiger partial charge in [0.1, 0.15) is 0 Å². The summed E-state index contributed by atoms with van der Waals surface area (Å²) in [5.41, 5.74) is 1.46. The molecule has 18 heavy (non-hydrogen) atoms. The molecule has 1 N–H and O–H groups in total. The molecule has 2 nitrogen and oxygen atoms in total. The van der Waals surface area contributed by atoms with E-state index in [1.807, 2.05) is 0 Å². The third-order valence-corrected chi connectivity index (χ3v) is 3.94. The fraction of sp³-hybridized carbons (Fsp3) is 0.600. The Bertz CT molecular complexity index is 375. The van der Waals surface area contributed by atoms with Crippen molar-refractivity contribution in [3.8, 4) is 0 Å². The molecule has 0 amide bonds. The number of benzene rings is 1. The third-order valence-electron chi connectivity index (χ3n) is 3.44. The summed E-state index contributed by atoms with van der Waals surface area (Å²) in [6, 6.07) is 9.35. The van der Waals surface area contributed by atoms with Crippen LogP contribution in [0.25, 0.3) is 0 Å². The van der Waals surface area contributed by atoms with E-state index in [0.29, 0.717) is 12.1 Å². The topological polar surface area (TPSA) is 21.3 Å². The van der Waals surface area contributed by atoms with E-state index >= 15 is 0 Å². The van der Waals surface area contributed by atoms with Gasteiger partial charge in [-0.05, 0) is 50.3 Å². The molecule has 100 valence electrons. The Morgan fingerprint density at radius 2 is 2.17 bits per heavy atom. The molecular weight excluding hydrogens is 290 g/mol.